The number of nitro benzene ring substituents is 1. The summed E-state index contributed by atoms with van der Waals surface area (Å²) >= 11 is 11.1. The molecule has 0 aliphatic rings. The van der Waals surface area contributed by atoms with Crippen LogP contribution < -0.4 is 0 Å². The monoisotopic (exact) mass is 349 g/mol. The van der Waals surface area contributed by atoms with Crippen LogP contribution in [0.3, 0.4) is 0 Å². The molecular formula is C13H8ClN5O3S. The summed E-state index contributed by atoms with van der Waals surface area (Å²) in [7, 11) is 0. The van der Waals surface area contributed by atoms with Crippen LogP contribution in [0, 0.1) is 14.9 Å². The fraction of sp³-hybridized carbons (Fsp3) is 0. The summed E-state index contributed by atoms with van der Waals surface area (Å²) in [4.78, 5) is 10.3. The zero-order valence-electron chi connectivity index (χ0n) is 11.3. The first kappa shape index (κ1) is 15.1. The Hall–Kier alpha value is -2.78. The number of benzene rings is 1. The van der Waals surface area contributed by atoms with E-state index in [1.807, 2.05) is 0 Å². The van der Waals surface area contributed by atoms with Gasteiger partial charge in [0.1, 0.15) is 0 Å². The molecule has 0 atom stereocenters. The topological polar surface area (TPSA) is 102 Å². The molecule has 1 aromatic carbocycles. The number of nitrogens with zero attached hydrogens (tertiary/aromatic N) is 4. The Morgan fingerprint density at radius 2 is 2.30 bits per heavy atom. The van der Waals surface area contributed by atoms with Crippen molar-refractivity contribution in [2.24, 2.45) is 5.10 Å². The first-order valence-corrected chi connectivity index (χ1v) is 7.04. The van der Waals surface area contributed by atoms with Gasteiger partial charge >= 0.3 is 0 Å². The largest absolute Gasteiger partial charge is 0.461 e. The molecule has 0 bridgehead atoms. The van der Waals surface area contributed by atoms with E-state index >= 15 is 0 Å². The summed E-state index contributed by atoms with van der Waals surface area (Å²) in [6.45, 7) is 0. The van der Waals surface area contributed by atoms with E-state index in [4.69, 9.17) is 28.2 Å². The van der Waals surface area contributed by atoms with Crippen LogP contribution in [0.5, 0.6) is 0 Å². The average Bonchev–Trinajstić information content (AvgIpc) is 3.16. The van der Waals surface area contributed by atoms with Crippen molar-refractivity contribution in [1.29, 1.82) is 0 Å². The van der Waals surface area contributed by atoms with Crippen molar-refractivity contribution in [2.75, 3.05) is 0 Å². The summed E-state index contributed by atoms with van der Waals surface area (Å²) in [5.74, 6) is 0.845. The van der Waals surface area contributed by atoms with Gasteiger partial charge in [-0.3, -0.25) is 10.1 Å². The molecule has 3 aromatic rings. The van der Waals surface area contributed by atoms with Crippen LogP contribution in [-0.2, 0) is 0 Å². The number of aromatic amines is 1. The Morgan fingerprint density at radius 1 is 1.48 bits per heavy atom. The first-order chi connectivity index (χ1) is 11.1. The number of H-pyrrole nitrogens is 1. The Kier molecular flexibility index (Phi) is 4.04. The summed E-state index contributed by atoms with van der Waals surface area (Å²) in [5.41, 5.74) is 0.298. The summed E-state index contributed by atoms with van der Waals surface area (Å²) in [5, 5.41) is 22.0. The maximum absolute atomic E-state index is 10.8. The van der Waals surface area contributed by atoms with E-state index in [1.165, 1.54) is 35.4 Å². The third-order valence-electron chi connectivity index (χ3n) is 2.89. The van der Waals surface area contributed by atoms with E-state index in [2.05, 4.69) is 15.3 Å². The molecule has 0 spiro atoms. The van der Waals surface area contributed by atoms with Crippen LogP contribution in [0.4, 0.5) is 5.69 Å². The maximum Gasteiger partial charge on any atom is 0.270 e. The highest BCUT2D eigenvalue weighted by molar-refractivity contribution is 7.71. The van der Waals surface area contributed by atoms with E-state index in [0.717, 1.165) is 0 Å². The van der Waals surface area contributed by atoms with Crippen LogP contribution in [0.1, 0.15) is 5.56 Å². The van der Waals surface area contributed by atoms with Crippen molar-refractivity contribution in [3.8, 4) is 11.6 Å². The zero-order valence-corrected chi connectivity index (χ0v) is 12.9. The fourth-order valence-electron chi connectivity index (χ4n) is 1.83. The van der Waals surface area contributed by atoms with Crippen LogP contribution >= 0.6 is 23.8 Å². The molecule has 0 fully saturated rings. The van der Waals surface area contributed by atoms with Gasteiger partial charge in [-0.05, 0) is 30.4 Å². The van der Waals surface area contributed by atoms with Crippen LogP contribution in [0.2, 0.25) is 5.02 Å². The molecule has 0 saturated heterocycles. The van der Waals surface area contributed by atoms with Crippen LogP contribution in [0.25, 0.3) is 11.6 Å². The molecule has 0 amide bonds. The molecule has 10 heteroatoms. The molecule has 8 nitrogen and oxygen atoms in total. The van der Waals surface area contributed by atoms with E-state index in [-0.39, 0.29) is 10.5 Å². The van der Waals surface area contributed by atoms with Gasteiger partial charge in [0, 0.05) is 22.7 Å². The third kappa shape index (κ3) is 3.05. The third-order valence-corrected chi connectivity index (χ3v) is 3.50. The molecule has 0 unspecified atom stereocenters. The average molecular weight is 350 g/mol. The quantitative estimate of drug-likeness (QED) is 0.335. The smallest absolute Gasteiger partial charge is 0.270 e. The summed E-state index contributed by atoms with van der Waals surface area (Å²) in [6.07, 6.45) is 2.87. The van der Waals surface area contributed by atoms with E-state index in [9.17, 15) is 10.1 Å². The normalized spacial score (nSPS) is 11.2. The molecule has 3 rings (SSSR count). The van der Waals surface area contributed by atoms with Crippen LogP contribution in [-0.4, -0.2) is 26.0 Å². The minimum atomic E-state index is -0.508. The predicted octanol–water partition coefficient (Wildman–Crippen LogP) is 3.64. The highest BCUT2D eigenvalue weighted by atomic mass is 35.5. The Bertz CT molecular complexity index is 945. The second-order valence-electron chi connectivity index (χ2n) is 4.35. The molecule has 0 aliphatic heterocycles. The van der Waals surface area contributed by atoms with Gasteiger partial charge < -0.3 is 4.42 Å². The summed E-state index contributed by atoms with van der Waals surface area (Å²) < 4.78 is 6.84. The first-order valence-electron chi connectivity index (χ1n) is 6.26. The minimum Gasteiger partial charge on any atom is -0.461 e. The van der Waals surface area contributed by atoms with Gasteiger partial charge in [0.15, 0.2) is 5.76 Å². The van der Waals surface area contributed by atoms with Gasteiger partial charge in [0.2, 0.25) is 10.6 Å². The van der Waals surface area contributed by atoms with Gasteiger partial charge in [-0.1, -0.05) is 11.6 Å². The number of aromatic nitrogens is 3. The lowest BCUT2D eigenvalue weighted by Crippen LogP contribution is -1.96. The molecule has 23 heavy (non-hydrogen) atoms. The molecule has 2 heterocycles. The van der Waals surface area contributed by atoms with E-state index in [0.29, 0.717) is 22.2 Å². The van der Waals surface area contributed by atoms with Crippen molar-refractivity contribution < 1.29 is 9.34 Å². The standard InChI is InChI=1S/C13H8ClN5O3S/c14-10-4-3-9(19(20)21)6-8(10)7-15-18-12(16-17-13(18)23)11-2-1-5-22-11/h1-7H,(H,17,23). The van der Waals surface area contributed by atoms with Crippen molar-refractivity contribution in [3.63, 3.8) is 0 Å². The molecule has 2 aromatic heterocycles. The van der Waals surface area contributed by atoms with Gasteiger partial charge in [-0.15, -0.1) is 5.10 Å². The maximum atomic E-state index is 10.8. The number of nitrogens with one attached hydrogen (secondary N) is 1. The second-order valence-corrected chi connectivity index (χ2v) is 5.14. The van der Waals surface area contributed by atoms with Crippen LogP contribution in [0.15, 0.2) is 46.1 Å². The number of halogens is 1. The minimum absolute atomic E-state index is 0.0853. The lowest BCUT2D eigenvalue weighted by atomic mass is 10.2. The number of hydrogen-bond acceptors (Lipinski definition) is 6. The fourth-order valence-corrected chi connectivity index (χ4v) is 2.17. The lowest BCUT2D eigenvalue weighted by Gasteiger charge is -1.99. The number of furan rings is 1. The van der Waals surface area contributed by atoms with E-state index in [1.54, 1.807) is 12.1 Å². The highest BCUT2D eigenvalue weighted by Gasteiger charge is 2.12. The zero-order chi connectivity index (χ0) is 16.4. The lowest BCUT2D eigenvalue weighted by molar-refractivity contribution is -0.384. The van der Waals surface area contributed by atoms with Gasteiger partial charge in [-0.25, -0.2) is 5.10 Å². The molecule has 0 aliphatic carbocycles. The van der Waals surface area contributed by atoms with Crippen molar-refractivity contribution in [3.05, 3.63) is 62.1 Å². The Balaban J connectivity index is 2.02. The number of hydrogen-bond donors (Lipinski definition) is 1. The van der Waals surface area contributed by atoms with Crippen molar-refractivity contribution >= 4 is 35.7 Å². The number of non-ortho nitro benzene ring substituents is 1. The Morgan fingerprint density at radius 3 is 3.00 bits per heavy atom. The molecule has 116 valence electrons. The van der Waals surface area contributed by atoms with Gasteiger partial charge in [0.25, 0.3) is 5.69 Å². The summed E-state index contributed by atoms with van der Waals surface area (Å²) in [6, 6.07) is 7.48. The molecule has 0 radical (unpaired) electrons. The molecule has 1 N–H and O–H groups in total. The highest BCUT2D eigenvalue weighted by Crippen LogP contribution is 2.21. The van der Waals surface area contributed by atoms with Crippen molar-refractivity contribution in [1.82, 2.24) is 14.9 Å². The SMILES string of the molecule is O=[N+]([O-])c1ccc(Cl)c(C=Nn2c(-c3ccco3)n[nH]c2=S)c1. The predicted molar refractivity (Wildman–Crippen MR) is 86.2 cm³/mol. The Labute approximate surface area is 139 Å². The second kappa shape index (κ2) is 6.15. The van der Waals surface area contributed by atoms with Gasteiger partial charge in [-0.2, -0.15) is 9.78 Å². The van der Waals surface area contributed by atoms with Gasteiger partial charge in [0.05, 0.1) is 17.4 Å². The molecule has 0 saturated carbocycles. The van der Waals surface area contributed by atoms with Crippen molar-refractivity contribution in [2.45, 2.75) is 0 Å². The number of rotatable bonds is 4. The van der Waals surface area contributed by atoms with E-state index < -0.39 is 4.92 Å². The number of nitro groups is 1. The molecular weight excluding hydrogens is 342 g/mol.